The Labute approximate surface area is 182 Å². The molecule has 5 rings (SSSR count). The van der Waals surface area contributed by atoms with Crippen molar-refractivity contribution in [3.05, 3.63) is 24.7 Å². The Morgan fingerprint density at radius 2 is 1.94 bits per heavy atom. The molecule has 0 atom stereocenters. The molecule has 1 aliphatic carbocycles. The molecule has 9 heteroatoms. The Morgan fingerprint density at radius 3 is 2.65 bits per heavy atom. The minimum absolute atomic E-state index is 0.432. The van der Waals surface area contributed by atoms with Crippen LogP contribution in [0, 0.1) is 0 Å². The van der Waals surface area contributed by atoms with Gasteiger partial charge in [-0.3, -0.25) is 9.58 Å². The largest absolute Gasteiger partial charge is 0.379 e. The maximum atomic E-state index is 5.52. The molecule has 3 aromatic rings. The van der Waals surface area contributed by atoms with E-state index >= 15 is 0 Å². The Morgan fingerprint density at radius 1 is 1.13 bits per heavy atom. The van der Waals surface area contributed by atoms with Crippen LogP contribution in [0.4, 0.5) is 17.5 Å². The molecule has 0 spiro atoms. The van der Waals surface area contributed by atoms with Gasteiger partial charge in [-0.25, -0.2) is 4.98 Å². The number of nitrogens with one attached hydrogen (secondary N) is 2. The molecule has 0 amide bonds. The van der Waals surface area contributed by atoms with Gasteiger partial charge in [-0.05, 0) is 38.7 Å². The summed E-state index contributed by atoms with van der Waals surface area (Å²) in [4.78, 5) is 12.2. The number of aromatic nitrogens is 5. The minimum Gasteiger partial charge on any atom is -0.379 e. The summed E-state index contributed by atoms with van der Waals surface area (Å²) in [6.07, 6.45) is 10.6. The van der Waals surface area contributed by atoms with Gasteiger partial charge >= 0.3 is 0 Å². The second-order valence-corrected chi connectivity index (χ2v) is 8.56. The van der Waals surface area contributed by atoms with Crippen LogP contribution in [0.25, 0.3) is 11.0 Å². The first-order chi connectivity index (χ1) is 15.2. The van der Waals surface area contributed by atoms with E-state index in [4.69, 9.17) is 14.7 Å². The van der Waals surface area contributed by atoms with Crippen molar-refractivity contribution < 1.29 is 4.74 Å². The zero-order valence-corrected chi connectivity index (χ0v) is 18.4. The molecule has 31 heavy (non-hydrogen) atoms. The summed E-state index contributed by atoms with van der Waals surface area (Å²) < 4.78 is 9.50. The van der Waals surface area contributed by atoms with Gasteiger partial charge in [-0.15, -0.1) is 0 Å². The monoisotopic (exact) mass is 424 g/mol. The molecule has 4 heterocycles. The third-order valence-electron chi connectivity index (χ3n) is 6.51. The fraction of sp³-hybridized carbons (Fsp3) is 0.591. The van der Waals surface area contributed by atoms with E-state index < -0.39 is 0 Å². The number of anilines is 3. The zero-order chi connectivity index (χ0) is 21.2. The average molecular weight is 425 g/mol. The van der Waals surface area contributed by atoms with Gasteiger partial charge in [-0.1, -0.05) is 0 Å². The van der Waals surface area contributed by atoms with E-state index in [2.05, 4.69) is 44.4 Å². The van der Waals surface area contributed by atoms with E-state index in [0.29, 0.717) is 18.0 Å². The van der Waals surface area contributed by atoms with Crippen LogP contribution in [0.3, 0.4) is 0 Å². The van der Waals surface area contributed by atoms with Gasteiger partial charge in [0, 0.05) is 51.2 Å². The van der Waals surface area contributed by atoms with Gasteiger partial charge in [0.1, 0.15) is 5.52 Å². The summed E-state index contributed by atoms with van der Waals surface area (Å²) in [6, 6.07) is 3.19. The summed E-state index contributed by atoms with van der Waals surface area (Å²) in [7, 11) is 1.90. The highest BCUT2D eigenvalue weighted by atomic mass is 16.5. The number of rotatable bonds is 6. The Bertz CT molecular complexity index is 1010. The third-order valence-corrected chi connectivity index (χ3v) is 6.51. The normalized spacial score (nSPS) is 22.6. The molecule has 0 radical (unpaired) electrons. The molecular weight excluding hydrogens is 392 g/mol. The van der Waals surface area contributed by atoms with Crippen molar-refractivity contribution in [3.8, 4) is 0 Å². The lowest BCUT2D eigenvalue weighted by Gasteiger charge is -2.39. The molecule has 1 saturated heterocycles. The number of ether oxygens (including phenoxy) is 1. The fourth-order valence-corrected chi connectivity index (χ4v) is 4.86. The van der Waals surface area contributed by atoms with Gasteiger partial charge < -0.3 is 19.9 Å². The van der Waals surface area contributed by atoms with E-state index in [1.165, 1.54) is 12.8 Å². The zero-order valence-electron chi connectivity index (χ0n) is 18.4. The van der Waals surface area contributed by atoms with Crippen molar-refractivity contribution in [3.63, 3.8) is 0 Å². The maximum absolute atomic E-state index is 5.52. The van der Waals surface area contributed by atoms with Crippen LogP contribution < -0.4 is 10.6 Å². The third kappa shape index (κ3) is 4.38. The molecular formula is C22H32N8O. The Balaban J connectivity index is 1.33. The second kappa shape index (κ2) is 8.84. The van der Waals surface area contributed by atoms with Crippen molar-refractivity contribution in [2.45, 2.75) is 51.2 Å². The van der Waals surface area contributed by atoms with Gasteiger partial charge in [0.15, 0.2) is 5.82 Å². The summed E-state index contributed by atoms with van der Waals surface area (Å²) in [6.45, 7) is 6.93. The molecule has 0 aromatic carbocycles. The predicted octanol–water partition coefficient (Wildman–Crippen LogP) is 2.98. The van der Waals surface area contributed by atoms with E-state index in [0.717, 1.165) is 68.2 Å². The number of fused-ring (bicyclic) bond motifs is 1. The van der Waals surface area contributed by atoms with E-state index in [1.54, 1.807) is 10.9 Å². The number of nitrogens with zero attached hydrogens (tertiary/aromatic N) is 6. The Hall–Kier alpha value is -2.65. The summed E-state index contributed by atoms with van der Waals surface area (Å²) in [5, 5.41) is 11.3. The van der Waals surface area contributed by atoms with Gasteiger partial charge in [0.2, 0.25) is 5.95 Å². The van der Waals surface area contributed by atoms with Crippen LogP contribution in [0.15, 0.2) is 24.7 Å². The van der Waals surface area contributed by atoms with Crippen molar-refractivity contribution in [2.75, 3.05) is 36.9 Å². The number of hydrogen-bond acceptors (Lipinski definition) is 7. The van der Waals surface area contributed by atoms with Crippen molar-refractivity contribution >= 4 is 28.5 Å². The molecule has 1 aliphatic heterocycles. The van der Waals surface area contributed by atoms with Crippen LogP contribution in [0.1, 0.15) is 32.6 Å². The second-order valence-electron chi connectivity index (χ2n) is 8.56. The number of aryl methyl sites for hydroxylation is 2. The highest BCUT2D eigenvalue weighted by Gasteiger charge is 2.27. The maximum Gasteiger partial charge on any atom is 0.229 e. The van der Waals surface area contributed by atoms with Crippen LogP contribution in [0.2, 0.25) is 0 Å². The lowest BCUT2D eigenvalue weighted by Crippen LogP contribution is -2.46. The fourth-order valence-electron chi connectivity index (χ4n) is 4.86. The highest BCUT2D eigenvalue weighted by molar-refractivity contribution is 5.88. The molecule has 3 aromatic heterocycles. The first-order valence-electron chi connectivity index (χ1n) is 11.4. The predicted molar refractivity (Wildman–Crippen MR) is 122 cm³/mol. The van der Waals surface area contributed by atoms with Crippen molar-refractivity contribution in [2.24, 2.45) is 7.05 Å². The topological polar surface area (TPSA) is 85.1 Å². The average Bonchev–Trinajstić information content (AvgIpc) is 3.40. The summed E-state index contributed by atoms with van der Waals surface area (Å²) in [5.41, 5.74) is 2.91. The number of hydrogen-bond donors (Lipinski definition) is 2. The van der Waals surface area contributed by atoms with Gasteiger partial charge in [0.05, 0.1) is 30.6 Å². The summed E-state index contributed by atoms with van der Waals surface area (Å²) >= 11 is 0. The first-order valence-corrected chi connectivity index (χ1v) is 11.4. The lowest BCUT2D eigenvalue weighted by molar-refractivity contribution is 0.00791. The van der Waals surface area contributed by atoms with Crippen LogP contribution in [-0.2, 0) is 18.3 Å². The van der Waals surface area contributed by atoms with E-state index in [1.807, 2.05) is 13.2 Å². The highest BCUT2D eigenvalue weighted by Crippen LogP contribution is 2.30. The molecule has 2 N–H and O–H groups in total. The number of morpholine rings is 1. The quantitative estimate of drug-likeness (QED) is 0.629. The standard InChI is InChI=1S/C22H32N8O/c1-3-29-9-8-19-20(29)21(27-22(26-19)25-17-14-23-28(2)15-17)24-16-4-6-18(7-5-16)30-10-12-31-13-11-30/h8-9,14-16,18H,3-7,10-13H2,1-2H3,(H2,24,25,26,27). The lowest BCUT2D eigenvalue weighted by atomic mass is 9.90. The van der Waals surface area contributed by atoms with E-state index in [9.17, 15) is 0 Å². The van der Waals surface area contributed by atoms with E-state index in [-0.39, 0.29) is 0 Å². The molecule has 2 fully saturated rings. The molecule has 9 nitrogen and oxygen atoms in total. The molecule has 2 aliphatic rings. The first kappa shape index (κ1) is 20.3. The smallest absolute Gasteiger partial charge is 0.229 e. The molecule has 166 valence electrons. The molecule has 1 saturated carbocycles. The van der Waals surface area contributed by atoms with Crippen LogP contribution in [-0.4, -0.2) is 67.6 Å². The molecule has 0 unspecified atom stereocenters. The Kier molecular flexibility index (Phi) is 5.78. The van der Waals surface area contributed by atoms with Crippen molar-refractivity contribution in [1.82, 2.24) is 29.2 Å². The molecule has 0 bridgehead atoms. The van der Waals surface area contributed by atoms with Gasteiger partial charge in [-0.2, -0.15) is 10.1 Å². The summed E-state index contributed by atoms with van der Waals surface area (Å²) in [5.74, 6) is 1.51. The SMILES string of the molecule is CCn1ccc2nc(Nc3cnn(C)c3)nc(NC3CCC(N4CCOCC4)CC3)c21. The minimum atomic E-state index is 0.432. The van der Waals surface area contributed by atoms with Crippen LogP contribution >= 0.6 is 0 Å². The van der Waals surface area contributed by atoms with Gasteiger partial charge in [0.25, 0.3) is 0 Å². The van der Waals surface area contributed by atoms with Crippen molar-refractivity contribution in [1.29, 1.82) is 0 Å². The van der Waals surface area contributed by atoms with Crippen LogP contribution in [0.5, 0.6) is 0 Å².